The largest absolute Gasteiger partial charge is 0.477 e. The van der Waals surface area contributed by atoms with Crippen LogP contribution < -0.4 is 15.6 Å². The zero-order valence-corrected chi connectivity index (χ0v) is 21.3. The Hall–Kier alpha value is -4.58. The molecule has 4 aromatic heterocycles. The smallest absolute Gasteiger partial charge is 0.341 e. The minimum absolute atomic E-state index is 0.0515. The third-order valence-electron chi connectivity index (χ3n) is 7.15. The number of rotatable bonds is 4. The molecule has 200 valence electrons. The monoisotopic (exact) mass is 534 g/mol. The maximum Gasteiger partial charge on any atom is 0.341 e. The maximum absolute atomic E-state index is 15.5. The highest BCUT2D eigenvalue weighted by molar-refractivity contribution is 6.18. The Morgan fingerprint density at radius 3 is 2.74 bits per heavy atom. The summed E-state index contributed by atoms with van der Waals surface area (Å²) in [6.45, 7) is 3.29. The van der Waals surface area contributed by atoms with Gasteiger partial charge in [-0.2, -0.15) is 0 Å². The molecule has 10 nitrogen and oxygen atoms in total. The Bertz CT molecular complexity index is 1880. The molecule has 1 aliphatic heterocycles. The number of fused-ring (bicyclic) bond motifs is 4. The number of aryl methyl sites for hydroxylation is 1. The molecule has 5 heterocycles. The number of morpholine rings is 1. The summed E-state index contributed by atoms with van der Waals surface area (Å²) in [6.07, 6.45) is 4.25. The number of carboxylic acids is 1. The zero-order chi connectivity index (χ0) is 27.6. The van der Waals surface area contributed by atoms with Crippen LogP contribution in [0.5, 0.6) is 0 Å². The molecule has 0 amide bonds. The van der Waals surface area contributed by atoms with E-state index in [1.54, 1.807) is 32.6 Å². The van der Waals surface area contributed by atoms with Gasteiger partial charge < -0.3 is 29.6 Å². The number of carbonyl (C=O) groups is 1. The zero-order valence-electron chi connectivity index (χ0n) is 21.3. The number of halogens is 2. The van der Waals surface area contributed by atoms with Crippen molar-refractivity contribution in [1.29, 1.82) is 0 Å². The number of aromatic carboxylic acids is 1. The molecule has 0 aliphatic carbocycles. The molecule has 0 radical (unpaired) electrons. The number of benzene rings is 1. The van der Waals surface area contributed by atoms with Crippen molar-refractivity contribution in [3.8, 4) is 11.1 Å². The first-order valence-electron chi connectivity index (χ1n) is 12.3. The number of nitrogens with zero attached hydrogens (tertiary/aromatic N) is 4. The van der Waals surface area contributed by atoms with Crippen molar-refractivity contribution in [2.75, 3.05) is 37.0 Å². The first kappa shape index (κ1) is 24.7. The highest BCUT2D eigenvalue weighted by atomic mass is 19.2. The number of hydrogen-bond acceptors (Lipinski definition) is 7. The van der Waals surface area contributed by atoms with Gasteiger partial charge in [-0.1, -0.05) is 0 Å². The summed E-state index contributed by atoms with van der Waals surface area (Å²) in [5.74, 6) is -3.35. The van der Waals surface area contributed by atoms with E-state index >= 15 is 4.39 Å². The molecule has 39 heavy (non-hydrogen) atoms. The van der Waals surface area contributed by atoms with E-state index in [2.05, 4.69) is 20.3 Å². The lowest BCUT2D eigenvalue weighted by molar-refractivity contribution is 0.0533. The Kier molecular flexibility index (Phi) is 5.72. The van der Waals surface area contributed by atoms with Gasteiger partial charge in [0, 0.05) is 63.0 Å². The van der Waals surface area contributed by atoms with Gasteiger partial charge in [-0.15, -0.1) is 0 Å². The number of aromatic amines is 1. The van der Waals surface area contributed by atoms with E-state index in [9.17, 15) is 19.1 Å². The number of carboxylic acid groups (broad SMARTS) is 1. The number of ether oxygens (including phenoxy) is 1. The standard InChI is InChI=1S/C27H24F2N6O4/c1-12-10-35(4-5-39-12)23-15(13-6-14-24(36)16(27(37)38)11-34(3)26(14)32-8-13)9-31-25-20(23)19-21(29)17(28)7-18(30-2)22(19)33-25/h6-9,11-12,30H,4-5,10H2,1-3H3,(H,31,33)(H,37,38)/t12-/m0/s1. The van der Waals surface area contributed by atoms with Gasteiger partial charge in [0.05, 0.1) is 45.8 Å². The van der Waals surface area contributed by atoms with E-state index in [4.69, 9.17) is 4.74 Å². The van der Waals surface area contributed by atoms with Crippen LogP contribution in [0.2, 0.25) is 0 Å². The topological polar surface area (TPSA) is 125 Å². The molecule has 0 spiro atoms. The molecule has 1 atom stereocenters. The number of nitrogens with one attached hydrogen (secondary N) is 2. The summed E-state index contributed by atoms with van der Waals surface area (Å²) in [5, 5.41) is 13.0. The fourth-order valence-electron chi connectivity index (χ4n) is 5.36. The van der Waals surface area contributed by atoms with Crippen LogP contribution in [0, 0.1) is 11.6 Å². The second kappa shape index (κ2) is 9.02. The Morgan fingerprint density at radius 1 is 1.23 bits per heavy atom. The summed E-state index contributed by atoms with van der Waals surface area (Å²) in [4.78, 5) is 38.9. The first-order chi connectivity index (χ1) is 18.7. The highest BCUT2D eigenvalue weighted by Gasteiger charge is 2.28. The van der Waals surface area contributed by atoms with Crippen LogP contribution in [0.1, 0.15) is 17.3 Å². The molecule has 0 unspecified atom stereocenters. The van der Waals surface area contributed by atoms with Crippen molar-refractivity contribution >= 4 is 50.3 Å². The molecule has 3 N–H and O–H groups in total. The van der Waals surface area contributed by atoms with Gasteiger partial charge in [-0.25, -0.2) is 23.5 Å². The van der Waals surface area contributed by atoms with Gasteiger partial charge in [0.1, 0.15) is 16.9 Å². The number of hydrogen-bond donors (Lipinski definition) is 3. The third kappa shape index (κ3) is 3.78. The summed E-state index contributed by atoms with van der Waals surface area (Å²) >= 11 is 0. The Labute approximate surface area is 219 Å². The number of anilines is 2. The van der Waals surface area contributed by atoms with Crippen molar-refractivity contribution < 1.29 is 23.4 Å². The lowest BCUT2D eigenvalue weighted by Gasteiger charge is -2.34. The van der Waals surface area contributed by atoms with E-state index in [0.29, 0.717) is 64.4 Å². The molecule has 12 heteroatoms. The predicted octanol–water partition coefficient (Wildman–Crippen LogP) is 3.87. The number of aromatic nitrogens is 4. The van der Waals surface area contributed by atoms with Gasteiger partial charge in [0.15, 0.2) is 11.6 Å². The summed E-state index contributed by atoms with van der Waals surface area (Å²) < 4.78 is 37.4. The van der Waals surface area contributed by atoms with E-state index in [0.717, 1.165) is 6.07 Å². The summed E-state index contributed by atoms with van der Waals surface area (Å²) in [7, 11) is 3.23. The van der Waals surface area contributed by atoms with E-state index in [-0.39, 0.29) is 22.4 Å². The highest BCUT2D eigenvalue weighted by Crippen LogP contribution is 2.43. The second-order valence-electron chi connectivity index (χ2n) is 9.60. The lowest BCUT2D eigenvalue weighted by atomic mass is 10.0. The van der Waals surface area contributed by atoms with E-state index < -0.39 is 23.0 Å². The molecule has 6 rings (SSSR count). The number of pyridine rings is 3. The molecular weight excluding hydrogens is 510 g/mol. The van der Waals surface area contributed by atoms with Crippen molar-refractivity contribution in [2.45, 2.75) is 13.0 Å². The normalized spacial score (nSPS) is 15.9. The van der Waals surface area contributed by atoms with Gasteiger partial charge >= 0.3 is 5.97 Å². The van der Waals surface area contributed by atoms with Gasteiger partial charge in [-0.05, 0) is 13.0 Å². The summed E-state index contributed by atoms with van der Waals surface area (Å²) in [5.41, 5.74) is 1.96. The minimum Gasteiger partial charge on any atom is -0.477 e. The fourth-order valence-corrected chi connectivity index (χ4v) is 5.36. The van der Waals surface area contributed by atoms with Crippen LogP contribution in [0.25, 0.3) is 44.1 Å². The molecule has 0 saturated carbocycles. The third-order valence-corrected chi connectivity index (χ3v) is 7.15. The van der Waals surface area contributed by atoms with E-state index in [1.807, 2.05) is 11.8 Å². The Balaban J connectivity index is 1.72. The average Bonchev–Trinajstić information content (AvgIpc) is 3.31. The van der Waals surface area contributed by atoms with Gasteiger partial charge in [-0.3, -0.25) is 4.79 Å². The van der Waals surface area contributed by atoms with Crippen LogP contribution in [-0.2, 0) is 11.8 Å². The molecular formula is C27H24F2N6O4. The van der Waals surface area contributed by atoms with Crippen LogP contribution in [-0.4, -0.2) is 63.4 Å². The van der Waals surface area contributed by atoms with Crippen LogP contribution in [0.3, 0.4) is 0 Å². The van der Waals surface area contributed by atoms with Crippen LogP contribution in [0.15, 0.2) is 35.5 Å². The van der Waals surface area contributed by atoms with Gasteiger partial charge in [0.25, 0.3) is 0 Å². The van der Waals surface area contributed by atoms with E-state index in [1.165, 1.54) is 10.8 Å². The van der Waals surface area contributed by atoms with Crippen LogP contribution in [0.4, 0.5) is 20.2 Å². The van der Waals surface area contributed by atoms with Crippen molar-refractivity contribution in [1.82, 2.24) is 19.5 Å². The SMILES string of the molecule is CNc1cc(F)c(F)c2c1[nH]c1ncc(-c3cnc4c(c3)c(=O)c(C(=O)O)cn4C)c(N3CCO[C@@H](C)C3)c12. The van der Waals surface area contributed by atoms with Crippen LogP contribution >= 0.6 is 0 Å². The predicted molar refractivity (Wildman–Crippen MR) is 144 cm³/mol. The molecule has 1 aromatic carbocycles. The second-order valence-corrected chi connectivity index (χ2v) is 9.60. The molecule has 0 bridgehead atoms. The quantitative estimate of drug-likeness (QED) is 0.317. The molecule has 1 saturated heterocycles. The van der Waals surface area contributed by atoms with Crippen molar-refractivity contribution in [2.24, 2.45) is 7.05 Å². The van der Waals surface area contributed by atoms with Gasteiger partial charge in [0.2, 0.25) is 5.43 Å². The Morgan fingerprint density at radius 2 is 2.03 bits per heavy atom. The first-order valence-corrected chi connectivity index (χ1v) is 12.3. The molecule has 5 aromatic rings. The summed E-state index contributed by atoms with van der Waals surface area (Å²) in [6, 6.07) is 2.66. The fraction of sp³-hybridized carbons (Fsp3) is 0.259. The molecule has 1 aliphatic rings. The lowest BCUT2D eigenvalue weighted by Crippen LogP contribution is -2.41. The minimum atomic E-state index is -1.34. The van der Waals surface area contributed by atoms with Crippen molar-refractivity contribution in [3.05, 3.63) is 58.1 Å². The number of H-pyrrole nitrogens is 1. The average molecular weight is 535 g/mol. The molecule has 1 fully saturated rings. The van der Waals surface area contributed by atoms with Crippen molar-refractivity contribution in [3.63, 3.8) is 0 Å². The maximum atomic E-state index is 15.5.